The van der Waals surface area contributed by atoms with E-state index in [4.69, 9.17) is 23.5 Å². The van der Waals surface area contributed by atoms with Gasteiger partial charge in [-0.15, -0.1) is 0 Å². The lowest BCUT2D eigenvalue weighted by molar-refractivity contribution is -0.00358. The Morgan fingerprint density at radius 2 is 1.35 bits per heavy atom. The minimum absolute atomic E-state index is 0.0254. The summed E-state index contributed by atoms with van der Waals surface area (Å²) in [5.74, 6) is 1.73. The highest BCUT2D eigenvalue weighted by atomic mass is 32.2. The molecule has 4 rings (SSSR count). The molecule has 0 bridgehead atoms. The van der Waals surface area contributed by atoms with Crippen LogP contribution < -0.4 is 9.47 Å². The van der Waals surface area contributed by atoms with Gasteiger partial charge in [0.1, 0.15) is 33.2 Å². The van der Waals surface area contributed by atoms with Crippen LogP contribution in [0.25, 0.3) is 0 Å². The lowest BCUT2D eigenvalue weighted by Crippen LogP contribution is -2.44. The first-order valence-electron chi connectivity index (χ1n) is 16.9. The van der Waals surface area contributed by atoms with Gasteiger partial charge in [-0.1, -0.05) is 61.5 Å². The van der Waals surface area contributed by atoms with Crippen molar-refractivity contribution in [2.45, 2.75) is 80.9 Å². The molecule has 0 spiro atoms. The van der Waals surface area contributed by atoms with Crippen molar-refractivity contribution in [1.29, 1.82) is 5.26 Å². The molecule has 3 aromatic rings. The molecule has 1 aliphatic heterocycles. The van der Waals surface area contributed by atoms with Crippen LogP contribution in [-0.4, -0.2) is 81.3 Å². The van der Waals surface area contributed by atoms with E-state index in [1.807, 2.05) is 49.2 Å². The van der Waals surface area contributed by atoms with E-state index in [2.05, 4.69) is 102 Å². The van der Waals surface area contributed by atoms with Gasteiger partial charge >= 0.3 is 0 Å². The third-order valence-electron chi connectivity index (χ3n) is 9.20. The largest absolute Gasteiger partial charge is 0.497 e. The van der Waals surface area contributed by atoms with Gasteiger partial charge in [0.15, 0.2) is 0 Å². The van der Waals surface area contributed by atoms with Crippen molar-refractivity contribution in [1.82, 2.24) is 4.67 Å². The maximum absolute atomic E-state index is 9.34. The summed E-state index contributed by atoms with van der Waals surface area (Å²) in [6.07, 6.45) is 0.395. The number of thioether (sulfide) groups is 1. The molecule has 10 heteroatoms. The lowest BCUT2D eigenvalue weighted by Gasteiger charge is -2.44. The van der Waals surface area contributed by atoms with Crippen LogP contribution in [0.4, 0.5) is 0 Å². The molecule has 0 radical (unpaired) electrons. The predicted octanol–water partition coefficient (Wildman–Crippen LogP) is 7.47. The van der Waals surface area contributed by atoms with Crippen LogP contribution in [0.2, 0.25) is 0 Å². The zero-order chi connectivity index (χ0) is 34.8. The standard InChI is InChI=1S/C38H52BN2O5PS/c1-26(2)41(27(3)4)47(46-24-12-23-40)28(5)35-34(48-37(39)36(35)44-8)25-45-38(29-13-10-9-11-14-29,30-15-19-32(42-6)20-16-30)31-17-21-33(43-7)22-18-31/h9-11,13-22,26-28,34-37H,12,24-25,39H2,1-8H3/t28-,34-,35-,36-,37-,47?/m1/s1. The number of ether oxygens (including phenoxy) is 4. The number of hydrogen-bond donors (Lipinski definition) is 0. The van der Waals surface area contributed by atoms with Gasteiger partial charge in [-0.05, 0) is 68.7 Å². The van der Waals surface area contributed by atoms with Crippen molar-refractivity contribution in [3.05, 3.63) is 95.6 Å². The molecular formula is C38H52BN2O5PS. The maximum Gasteiger partial charge on any atom is 0.143 e. The van der Waals surface area contributed by atoms with Crippen molar-refractivity contribution < 1.29 is 23.5 Å². The summed E-state index contributed by atoms with van der Waals surface area (Å²) in [7, 11) is 6.42. The molecule has 1 fully saturated rings. The highest BCUT2D eigenvalue weighted by molar-refractivity contribution is 8.02. The van der Waals surface area contributed by atoms with Crippen LogP contribution >= 0.6 is 20.1 Å². The molecule has 48 heavy (non-hydrogen) atoms. The summed E-state index contributed by atoms with van der Waals surface area (Å²) in [6.45, 7) is 12.1. The van der Waals surface area contributed by atoms with E-state index in [1.165, 1.54) is 0 Å². The Morgan fingerprint density at radius 3 is 1.81 bits per heavy atom. The number of nitrogens with zero attached hydrogens (tertiary/aromatic N) is 2. The fourth-order valence-corrected chi connectivity index (χ4v) is 11.6. The van der Waals surface area contributed by atoms with Crippen LogP contribution in [0.1, 0.15) is 57.7 Å². The Bertz CT molecular complexity index is 1380. The Morgan fingerprint density at radius 1 is 0.833 bits per heavy atom. The van der Waals surface area contributed by atoms with Crippen LogP contribution in [0.5, 0.6) is 11.5 Å². The first-order valence-corrected chi connectivity index (χ1v) is 19.1. The fourth-order valence-electron chi connectivity index (χ4n) is 7.11. The Balaban J connectivity index is 1.81. The molecule has 1 saturated heterocycles. The molecule has 1 heterocycles. The first kappa shape index (κ1) is 38.2. The molecule has 0 aromatic heterocycles. The van der Waals surface area contributed by atoms with E-state index >= 15 is 0 Å². The topological polar surface area (TPSA) is 73.2 Å². The lowest BCUT2D eigenvalue weighted by atomic mass is 9.79. The fraction of sp³-hybridized carbons (Fsp3) is 0.500. The smallest absolute Gasteiger partial charge is 0.143 e. The number of rotatable bonds is 17. The third kappa shape index (κ3) is 8.41. The molecule has 1 aliphatic rings. The van der Waals surface area contributed by atoms with Gasteiger partial charge in [0.05, 0.1) is 46.0 Å². The summed E-state index contributed by atoms with van der Waals surface area (Å²) in [4.78, 5) is 0. The summed E-state index contributed by atoms with van der Waals surface area (Å²) in [6, 6.07) is 29.7. The predicted molar refractivity (Wildman–Crippen MR) is 201 cm³/mol. The molecule has 1 unspecified atom stereocenters. The number of nitriles is 1. The first-order chi connectivity index (χ1) is 23.1. The van der Waals surface area contributed by atoms with E-state index in [9.17, 15) is 5.26 Å². The monoisotopic (exact) mass is 690 g/mol. The molecule has 6 atom stereocenters. The molecule has 3 aromatic carbocycles. The summed E-state index contributed by atoms with van der Waals surface area (Å²) in [5, 5.41) is 9.74. The molecular weight excluding hydrogens is 638 g/mol. The maximum atomic E-state index is 9.34. The quantitative estimate of drug-likeness (QED) is 0.0626. The SMILES string of the molecule is B[C@@H]1S[C@H](COC(c2ccccc2)(c2ccc(OC)cc2)c2ccc(OC)cc2)[C@@H]([C@@H](C)P(OCCC#N)N(C(C)C)C(C)C)[C@H]1OC. The summed E-state index contributed by atoms with van der Waals surface area (Å²) in [5.41, 5.74) is 2.32. The normalized spacial score (nSPS) is 21.0. The van der Waals surface area contributed by atoms with Gasteiger partial charge in [0.25, 0.3) is 0 Å². The van der Waals surface area contributed by atoms with E-state index < -0.39 is 13.9 Å². The van der Waals surface area contributed by atoms with Crippen molar-refractivity contribution >= 4 is 27.9 Å². The van der Waals surface area contributed by atoms with E-state index in [-0.39, 0.29) is 28.1 Å². The van der Waals surface area contributed by atoms with Crippen molar-refractivity contribution in [2.24, 2.45) is 5.92 Å². The van der Waals surface area contributed by atoms with Crippen LogP contribution in [-0.2, 0) is 19.6 Å². The molecule has 7 nitrogen and oxygen atoms in total. The van der Waals surface area contributed by atoms with E-state index in [0.717, 1.165) is 28.2 Å². The van der Waals surface area contributed by atoms with Crippen LogP contribution in [0.15, 0.2) is 78.9 Å². The van der Waals surface area contributed by atoms with Gasteiger partial charge in [-0.25, -0.2) is 0 Å². The number of methoxy groups -OCH3 is 3. The van der Waals surface area contributed by atoms with Crippen LogP contribution in [0.3, 0.4) is 0 Å². The average Bonchev–Trinajstić information content (AvgIpc) is 3.43. The third-order valence-corrected chi connectivity index (χ3v) is 13.6. The van der Waals surface area contributed by atoms with Crippen molar-refractivity contribution in [3.63, 3.8) is 0 Å². The summed E-state index contributed by atoms with van der Waals surface area (Å²) >= 11 is 1.94. The van der Waals surface area contributed by atoms with Gasteiger partial charge < -0.3 is 23.5 Å². The average molecular weight is 691 g/mol. The van der Waals surface area contributed by atoms with Gasteiger partial charge in [0, 0.05) is 41.2 Å². The molecule has 0 aliphatic carbocycles. The van der Waals surface area contributed by atoms with E-state index in [1.54, 1.807) is 14.2 Å². The summed E-state index contributed by atoms with van der Waals surface area (Å²) < 4.78 is 33.9. The second-order valence-electron chi connectivity index (χ2n) is 12.8. The highest BCUT2D eigenvalue weighted by Gasteiger charge is 2.50. The Hall–Kier alpha value is -2.57. The molecule has 258 valence electrons. The second kappa shape index (κ2) is 17.9. The molecule has 0 saturated carbocycles. The highest BCUT2D eigenvalue weighted by Crippen LogP contribution is 2.57. The van der Waals surface area contributed by atoms with Crippen LogP contribution in [0, 0.1) is 17.2 Å². The molecule has 0 amide bonds. The van der Waals surface area contributed by atoms with Gasteiger partial charge in [0.2, 0.25) is 0 Å². The van der Waals surface area contributed by atoms with Gasteiger partial charge in [-0.3, -0.25) is 4.67 Å². The minimum atomic E-state index is -1.04. The molecule has 0 N–H and O–H groups in total. The minimum Gasteiger partial charge on any atom is -0.497 e. The zero-order valence-corrected chi connectivity index (χ0v) is 31.7. The Kier molecular flexibility index (Phi) is 14.3. The zero-order valence-electron chi connectivity index (χ0n) is 30.0. The second-order valence-corrected chi connectivity index (χ2v) is 16.6. The van der Waals surface area contributed by atoms with Gasteiger partial charge in [-0.2, -0.15) is 17.0 Å². The number of hydrogen-bond acceptors (Lipinski definition) is 8. The van der Waals surface area contributed by atoms with E-state index in [0.29, 0.717) is 31.7 Å². The number of benzene rings is 3. The Labute approximate surface area is 294 Å². The van der Waals surface area contributed by atoms with Crippen molar-refractivity contribution in [2.75, 3.05) is 34.5 Å². The van der Waals surface area contributed by atoms with Crippen molar-refractivity contribution in [3.8, 4) is 17.6 Å².